The number of carbonyl (C=O) groups excluding carboxylic acids is 1. The van der Waals surface area contributed by atoms with Gasteiger partial charge in [-0.3, -0.25) is 4.79 Å². The fraction of sp³-hybridized carbons (Fsp3) is 0.308. The van der Waals surface area contributed by atoms with Gasteiger partial charge >= 0.3 is 5.97 Å². The molecule has 0 unspecified atom stereocenters. The van der Waals surface area contributed by atoms with Crippen LogP contribution in [-0.2, 0) is 9.53 Å². The molecule has 16 heavy (non-hydrogen) atoms. The maximum absolute atomic E-state index is 11.5. The van der Waals surface area contributed by atoms with Crippen molar-refractivity contribution in [2.24, 2.45) is 5.92 Å². The molecule has 0 bridgehead atoms. The normalized spacial score (nSPS) is 14.7. The van der Waals surface area contributed by atoms with Crippen molar-refractivity contribution in [3.63, 3.8) is 0 Å². The van der Waals surface area contributed by atoms with Gasteiger partial charge in [-0.25, -0.2) is 0 Å². The van der Waals surface area contributed by atoms with E-state index >= 15 is 0 Å². The van der Waals surface area contributed by atoms with Gasteiger partial charge in [-0.1, -0.05) is 42.5 Å². The number of benzene rings is 1. The molecule has 1 rings (SSSR count). The molecule has 1 aromatic carbocycles. The van der Waals surface area contributed by atoms with Crippen molar-refractivity contribution >= 4 is 5.97 Å². The highest BCUT2D eigenvalue weighted by atomic mass is 16.5. The molecule has 0 amide bonds. The Hall–Kier alpha value is -1.61. The number of methoxy groups -OCH3 is 1. The van der Waals surface area contributed by atoms with E-state index in [1.54, 1.807) is 31.2 Å². The average molecular weight is 220 g/mol. The van der Waals surface area contributed by atoms with E-state index in [4.69, 9.17) is 0 Å². The zero-order chi connectivity index (χ0) is 12.0. The lowest BCUT2D eigenvalue weighted by atomic mass is 9.95. The lowest BCUT2D eigenvalue weighted by Gasteiger charge is -2.17. The molecule has 3 nitrogen and oxygen atoms in total. The number of allylic oxidation sites excluding steroid dienone is 1. The Bertz CT molecular complexity index is 357. The van der Waals surface area contributed by atoms with E-state index in [1.807, 2.05) is 18.2 Å². The first kappa shape index (κ1) is 12.5. The highest BCUT2D eigenvalue weighted by Gasteiger charge is 2.25. The summed E-state index contributed by atoms with van der Waals surface area (Å²) < 4.78 is 4.66. The molecule has 0 aliphatic heterocycles. The lowest BCUT2D eigenvalue weighted by molar-refractivity contribution is -0.147. The van der Waals surface area contributed by atoms with E-state index in [0.29, 0.717) is 5.56 Å². The summed E-state index contributed by atoms with van der Waals surface area (Å²) >= 11 is 0. The Labute approximate surface area is 95.4 Å². The second-order valence-corrected chi connectivity index (χ2v) is 3.43. The molecule has 86 valence electrons. The van der Waals surface area contributed by atoms with Gasteiger partial charge in [-0.15, -0.1) is 0 Å². The Morgan fingerprint density at radius 3 is 2.50 bits per heavy atom. The van der Waals surface area contributed by atoms with Crippen LogP contribution in [0, 0.1) is 5.92 Å². The van der Waals surface area contributed by atoms with E-state index in [2.05, 4.69) is 4.74 Å². The van der Waals surface area contributed by atoms with Crippen molar-refractivity contribution in [3.05, 3.63) is 48.0 Å². The molecule has 0 radical (unpaired) electrons. The highest BCUT2D eigenvalue weighted by Crippen LogP contribution is 2.24. The number of aliphatic hydroxyl groups excluding tert-OH is 1. The average Bonchev–Trinajstić information content (AvgIpc) is 2.35. The fourth-order valence-electron chi connectivity index (χ4n) is 1.51. The first-order valence-electron chi connectivity index (χ1n) is 5.14. The summed E-state index contributed by atoms with van der Waals surface area (Å²) in [4.78, 5) is 11.5. The predicted octanol–water partition coefficient (Wildman–Crippen LogP) is 2.09. The second-order valence-electron chi connectivity index (χ2n) is 3.43. The topological polar surface area (TPSA) is 46.5 Å². The van der Waals surface area contributed by atoms with Crippen LogP contribution in [-0.4, -0.2) is 18.2 Å². The van der Waals surface area contributed by atoms with Crippen molar-refractivity contribution in [1.82, 2.24) is 0 Å². The van der Waals surface area contributed by atoms with Crippen LogP contribution in [0.15, 0.2) is 42.5 Å². The van der Waals surface area contributed by atoms with Gasteiger partial charge in [0.25, 0.3) is 0 Å². The fourth-order valence-corrected chi connectivity index (χ4v) is 1.51. The first-order chi connectivity index (χ1) is 7.70. The van der Waals surface area contributed by atoms with E-state index in [9.17, 15) is 9.90 Å². The number of ether oxygens (including phenoxy) is 1. The van der Waals surface area contributed by atoms with Crippen molar-refractivity contribution < 1.29 is 14.6 Å². The summed E-state index contributed by atoms with van der Waals surface area (Å²) in [6.45, 7) is 1.80. The second kappa shape index (κ2) is 6.08. The summed E-state index contributed by atoms with van der Waals surface area (Å²) in [5.74, 6) is -1.09. The molecular weight excluding hydrogens is 204 g/mol. The van der Waals surface area contributed by atoms with Crippen LogP contribution in [0.2, 0.25) is 0 Å². The Morgan fingerprint density at radius 2 is 2.00 bits per heavy atom. The van der Waals surface area contributed by atoms with E-state index < -0.39 is 18.0 Å². The number of rotatable bonds is 4. The van der Waals surface area contributed by atoms with Crippen molar-refractivity contribution in [3.8, 4) is 0 Å². The zero-order valence-corrected chi connectivity index (χ0v) is 9.46. The van der Waals surface area contributed by atoms with E-state index in [-0.39, 0.29) is 0 Å². The van der Waals surface area contributed by atoms with Crippen molar-refractivity contribution in [1.29, 1.82) is 0 Å². The van der Waals surface area contributed by atoms with Crippen LogP contribution in [0.5, 0.6) is 0 Å². The predicted molar refractivity (Wildman–Crippen MR) is 61.7 cm³/mol. The van der Waals surface area contributed by atoms with Gasteiger partial charge in [-0.2, -0.15) is 0 Å². The Kier molecular flexibility index (Phi) is 4.73. The maximum Gasteiger partial charge on any atom is 0.315 e. The Morgan fingerprint density at radius 1 is 1.38 bits per heavy atom. The summed E-state index contributed by atoms with van der Waals surface area (Å²) in [7, 11) is 1.32. The van der Waals surface area contributed by atoms with Gasteiger partial charge in [0.05, 0.1) is 13.2 Å². The van der Waals surface area contributed by atoms with Crippen LogP contribution in [0.25, 0.3) is 0 Å². The van der Waals surface area contributed by atoms with Crippen molar-refractivity contribution in [2.75, 3.05) is 7.11 Å². The quantitative estimate of drug-likeness (QED) is 0.624. The maximum atomic E-state index is 11.5. The summed E-state index contributed by atoms with van der Waals surface area (Å²) in [6.07, 6.45) is 2.50. The number of carbonyl (C=O) groups is 1. The summed E-state index contributed by atoms with van der Waals surface area (Å²) in [5, 5.41) is 10.1. The van der Waals surface area contributed by atoms with Crippen LogP contribution in [0.1, 0.15) is 18.6 Å². The number of hydrogen-bond acceptors (Lipinski definition) is 3. The highest BCUT2D eigenvalue weighted by molar-refractivity contribution is 5.75. The molecular formula is C13H16O3. The number of aliphatic hydroxyl groups is 1. The van der Waals surface area contributed by atoms with Crippen molar-refractivity contribution in [2.45, 2.75) is 13.0 Å². The lowest BCUT2D eigenvalue weighted by Crippen LogP contribution is -2.21. The standard InChI is InChI=1S/C13H16O3/c1-3-7-11(13(15)16-2)12(14)10-8-5-4-6-9-10/h3-9,11-12,14H,1-2H3/b7-3-/t11-,12+/m0/s1. The van der Waals surface area contributed by atoms with Gasteiger partial charge in [0.15, 0.2) is 0 Å². The smallest absolute Gasteiger partial charge is 0.315 e. The van der Waals surface area contributed by atoms with Crippen LogP contribution in [0.3, 0.4) is 0 Å². The van der Waals surface area contributed by atoms with Crippen LogP contribution < -0.4 is 0 Å². The minimum Gasteiger partial charge on any atom is -0.468 e. The molecule has 0 spiro atoms. The third kappa shape index (κ3) is 2.94. The van der Waals surface area contributed by atoms with Gasteiger partial charge in [0.1, 0.15) is 5.92 Å². The SMILES string of the molecule is C/C=C\[C@H](C(=O)OC)[C@H](O)c1ccccc1. The van der Waals surface area contributed by atoms with Crippen LogP contribution in [0.4, 0.5) is 0 Å². The third-order valence-electron chi connectivity index (χ3n) is 2.35. The van der Waals surface area contributed by atoms with Gasteiger partial charge < -0.3 is 9.84 Å². The molecule has 0 aliphatic rings. The molecule has 0 saturated carbocycles. The minimum absolute atomic E-state index is 0.436. The molecule has 3 heteroatoms. The summed E-state index contributed by atoms with van der Waals surface area (Å²) in [6, 6.07) is 9.07. The molecule has 0 aromatic heterocycles. The molecule has 0 heterocycles. The Balaban J connectivity index is 2.91. The zero-order valence-electron chi connectivity index (χ0n) is 9.46. The van der Waals surface area contributed by atoms with Crippen LogP contribution >= 0.6 is 0 Å². The third-order valence-corrected chi connectivity index (χ3v) is 2.35. The first-order valence-corrected chi connectivity index (χ1v) is 5.14. The number of esters is 1. The molecule has 1 aromatic rings. The molecule has 2 atom stereocenters. The monoisotopic (exact) mass is 220 g/mol. The summed E-state index contributed by atoms with van der Waals surface area (Å²) in [5.41, 5.74) is 0.705. The molecule has 0 fully saturated rings. The van der Waals surface area contributed by atoms with Gasteiger partial charge in [0, 0.05) is 0 Å². The minimum atomic E-state index is -0.871. The van der Waals surface area contributed by atoms with E-state index in [0.717, 1.165) is 0 Å². The molecule has 1 N–H and O–H groups in total. The number of hydrogen-bond donors (Lipinski definition) is 1. The van der Waals surface area contributed by atoms with Gasteiger partial charge in [0.2, 0.25) is 0 Å². The molecule has 0 saturated heterocycles. The van der Waals surface area contributed by atoms with E-state index in [1.165, 1.54) is 7.11 Å². The largest absolute Gasteiger partial charge is 0.468 e. The van der Waals surface area contributed by atoms with Gasteiger partial charge in [-0.05, 0) is 12.5 Å². The molecule has 0 aliphatic carbocycles.